The molecule has 1 heterocycles. The lowest BCUT2D eigenvalue weighted by Crippen LogP contribution is -2.22. The first kappa shape index (κ1) is 9.50. The number of aliphatic hydroxyl groups is 1. The van der Waals surface area contributed by atoms with Gasteiger partial charge in [-0.2, -0.15) is 5.26 Å². The zero-order valence-electron chi connectivity index (χ0n) is 7.37. The first-order valence-corrected chi connectivity index (χ1v) is 4.57. The van der Waals surface area contributed by atoms with Crippen molar-refractivity contribution < 1.29 is 5.11 Å². The van der Waals surface area contributed by atoms with E-state index in [0.717, 1.165) is 32.5 Å². The third kappa shape index (κ3) is 2.80. The van der Waals surface area contributed by atoms with Gasteiger partial charge in [0.1, 0.15) is 0 Å². The molecule has 0 spiro atoms. The summed E-state index contributed by atoms with van der Waals surface area (Å²) in [6.07, 6.45) is 2.73. The number of rotatable bonds is 4. The summed E-state index contributed by atoms with van der Waals surface area (Å²) in [6.45, 7) is 3.44. The number of nitriles is 1. The zero-order valence-corrected chi connectivity index (χ0v) is 7.37. The van der Waals surface area contributed by atoms with E-state index in [-0.39, 0.29) is 0 Å². The van der Waals surface area contributed by atoms with Crippen molar-refractivity contribution in [2.45, 2.75) is 19.3 Å². The van der Waals surface area contributed by atoms with Crippen molar-refractivity contribution >= 4 is 0 Å². The molecule has 3 nitrogen and oxygen atoms in total. The van der Waals surface area contributed by atoms with Gasteiger partial charge in [-0.25, -0.2) is 0 Å². The summed E-state index contributed by atoms with van der Waals surface area (Å²) in [6, 6.07) is 2.14. The maximum atomic E-state index is 8.88. The van der Waals surface area contributed by atoms with Gasteiger partial charge in [-0.15, -0.1) is 0 Å². The molecule has 0 bridgehead atoms. The Morgan fingerprint density at radius 3 is 3.00 bits per heavy atom. The normalized spacial score (nSPS) is 24.2. The molecule has 68 valence electrons. The van der Waals surface area contributed by atoms with Crippen LogP contribution in [0.1, 0.15) is 19.3 Å². The fraction of sp³-hybridized carbons (Fsp3) is 0.889. The quantitative estimate of drug-likeness (QED) is 0.625. The summed E-state index contributed by atoms with van der Waals surface area (Å²) >= 11 is 0. The highest BCUT2D eigenvalue weighted by molar-refractivity contribution is 4.76. The summed E-state index contributed by atoms with van der Waals surface area (Å²) < 4.78 is 0. The molecule has 0 aromatic carbocycles. The van der Waals surface area contributed by atoms with Crippen molar-refractivity contribution in [1.29, 1.82) is 5.26 Å². The second-order valence-corrected chi connectivity index (χ2v) is 3.40. The van der Waals surface area contributed by atoms with Gasteiger partial charge in [0, 0.05) is 19.6 Å². The zero-order chi connectivity index (χ0) is 8.81. The van der Waals surface area contributed by atoms with Crippen molar-refractivity contribution in [3.05, 3.63) is 0 Å². The molecule has 1 unspecified atom stereocenters. The van der Waals surface area contributed by atoms with Crippen LogP contribution in [0.2, 0.25) is 0 Å². The number of nitrogens with zero attached hydrogens (tertiary/aromatic N) is 2. The summed E-state index contributed by atoms with van der Waals surface area (Å²) in [7, 11) is 0. The van der Waals surface area contributed by atoms with E-state index in [1.807, 2.05) is 0 Å². The predicted octanol–water partition coefficient (Wildman–Crippen LogP) is 0.604. The van der Waals surface area contributed by atoms with E-state index in [1.54, 1.807) is 0 Å². The summed E-state index contributed by atoms with van der Waals surface area (Å²) in [5.74, 6) is 0.479. The van der Waals surface area contributed by atoms with Crippen molar-refractivity contribution in [2.75, 3.05) is 26.2 Å². The summed E-state index contributed by atoms with van der Waals surface area (Å²) in [4.78, 5) is 2.33. The average Bonchev–Trinajstić information content (AvgIpc) is 2.53. The SMILES string of the molecule is N#CCCCN1CCC(CO)C1. The fourth-order valence-electron chi connectivity index (χ4n) is 1.65. The Hall–Kier alpha value is -0.590. The summed E-state index contributed by atoms with van der Waals surface area (Å²) in [5.41, 5.74) is 0. The smallest absolute Gasteiger partial charge is 0.0622 e. The van der Waals surface area contributed by atoms with E-state index in [0.29, 0.717) is 18.9 Å². The number of aliphatic hydroxyl groups excluding tert-OH is 1. The standard InChI is InChI=1S/C9H16N2O/c10-4-1-2-5-11-6-3-9(7-11)8-12/h9,12H,1-3,5-8H2. The highest BCUT2D eigenvalue weighted by Crippen LogP contribution is 2.15. The molecule has 1 N–H and O–H groups in total. The van der Waals surface area contributed by atoms with Crippen LogP contribution in [-0.4, -0.2) is 36.2 Å². The Morgan fingerprint density at radius 1 is 1.58 bits per heavy atom. The molecule has 0 radical (unpaired) electrons. The molecule has 1 aliphatic heterocycles. The molecular formula is C9H16N2O. The minimum atomic E-state index is 0.314. The third-order valence-electron chi connectivity index (χ3n) is 2.39. The Labute approximate surface area is 73.6 Å². The van der Waals surface area contributed by atoms with E-state index < -0.39 is 0 Å². The molecule has 1 atom stereocenters. The molecular weight excluding hydrogens is 152 g/mol. The Morgan fingerprint density at radius 2 is 2.42 bits per heavy atom. The lowest BCUT2D eigenvalue weighted by atomic mass is 10.1. The van der Waals surface area contributed by atoms with E-state index >= 15 is 0 Å². The Balaban J connectivity index is 2.07. The molecule has 0 aliphatic carbocycles. The van der Waals surface area contributed by atoms with Gasteiger partial charge in [-0.05, 0) is 31.8 Å². The number of unbranched alkanes of at least 4 members (excludes halogenated alkanes) is 1. The van der Waals surface area contributed by atoms with Crippen LogP contribution in [0, 0.1) is 17.2 Å². The van der Waals surface area contributed by atoms with Crippen LogP contribution in [-0.2, 0) is 0 Å². The van der Waals surface area contributed by atoms with Crippen LogP contribution in [0.4, 0.5) is 0 Å². The van der Waals surface area contributed by atoms with Gasteiger partial charge in [-0.1, -0.05) is 0 Å². The molecule has 1 rings (SSSR count). The van der Waals surface area contributed by atoms with Crippen molar-refractivity contribution in [1.82, 2.24) is 4.90 Å². The highest BCUT2D eigenvalue weighted by Gasteiger charge is 2.20. The van der Waals surface area contributed by atoms with E-state index in [2.05, 4.69) is 11.0 Å². The van der Waals surface area contributed by atoms with Gasteiger partial charge < -0.3 is 10.0 Å². The minimum absolute atomic E-state index is 0.314. The van der Waals surface area contributed by atoms with Crippen LogP contribution in [0.25, 0.3) is 0 Å². The molecule has 1 saturated heterocycles. The molecule has 3 heteroatoms. The topological polar surface area (TPSA) is 47.3 Å². The maximum absolute atomic E-state index is 8.88. The lowest BCUT2D eigenvalue weighted by Gasteiger charge is -2.13. The van der Waals surface area contributed by atoms with Crippen LogP contribution in [0.5, 0.6) is 0 Å². The van der Waals surface area contributed by atoms with Gasteiger partial charge >= 0.3 is 0 Å². The second kappa shape index (κ2) is 5.13. The van der Waals surface area contributed by atoms with Crippen LogP contribution >= 0.6 is 0 Å². The first-order chi connectivity index (χ1) is 5.86. The molecule has 0 aromatic rings. The predicted molar refractivity (Wildman–Crippen MR) is 46.5 cm³/mol. The average molecular weight is 168 g/mol. The summed E-state index contributed by atoms with van der Waals surface area (Å²) in [5, 5.41) is 17.2. The Bertz CT molecular complexity index is 164. The fourth-order valence-corrected chi connectivity index (χ4v) is 1.65. The molecule has 12 heavy (non-hydrogen) atoms. The van der Waals surface area contributed by atoms with Gasteiger partial charge in [-0.3, -0.25) is 0 Å². The number of likely N-dealkylation sites (tertiary alicyclic amines) is 1. The molecule has 1 fully saturated rings. The largest absolute Gasteiger partial charge is 0.396 e. The molecule has 0 amide bonds. The van der Waals surface area contributed by atoms with Crippen LogP contribution in [0.15, 0.2) is 0 Å². The third-order valence-corrected chi connectivity index (χ3v) is 2.39. The second-order valence-electron chi connectivity index (χ2n) is 3.40. The van der Waals surface area contributed by atoms with Gasteiger partial charge in [0.15, 0.2) is 0 Å². The van der Waals surface area contributed by atoms with E-state index in [4.69, 9.17) is 10.4 Å². The first-order valence-electron chi connectivity index (χ1n) is 4.57. The van der Waals surface area contributed by atoms with Crippen LogP contribution < -0.4 is 0 Å². The maximum Gasteiger partial charge on any atom is 0.0622 e. The van der Waals surface area contributed by atoms with E-state index in [1.165, 1.54) is 0 Å². The minimum Gasteiger partial charge on any atom is -0.396 e. The van der Waals surface area contributed by atoms with Crippen molar-refractivity contribution in [2.24, 2.45) is 5.92 Å². The monoisotopic (exact) mass is 168 g/mol. The van der Waals surface area contributed by atoms with Gasteiger partial charge in [0.2, 0.25) is 0 Å². The Kier molecular flexibility index (Phi) is 4.06. The van der Waals surface area contributed by atoms with Crippen molar-refractivity contribution in [3.8, 4) is 6.07 Å². The van der Waals surface area contributed by atoms with Crippen LogP contribution in [0.3, 0.4) is 0 Å². The van der Waals surface area contributed by atoms with Crippen molar-refractivity contribution in [3.63, 3.8) is 0 Å². The number of hydrogen-bond acceptors (Lipinski definition) is 3. The van der Waals surface area contributed by atoms with Gasteiger partial charge in [0.05, 0.1) is 6.07 Å². The van der Waals surface area contributed by atoms with E-state index in [9.17, 15) is 0 Å². The molecule has 1 aliphatic rings. The lowest BCUT2D eigenvalue weighted by molar-refractivity contribution is 0.221. The van der Waals surface area contributed by atoms with Gasteiger partial charge in [0.25, 0.3) is 0 Å². The molecule has 0 aromatic heterocycles. The number of hydrogen-bond donors (Lipinski definition) is 1. The molecule has 0 saturated carbocycles. The highest BCUT2D eigenvalue weighted by atomic mass is 16.3.